The van der Waals surface area contributed by atoms with E-state index in [4.69, 9.17) is 4.84 Å². The van der Waals surface area contributed by atoms with Crippen molar-refractivity contribution in [3.63, 3.8) is 0 Å². The molecule has 0 amide bonds. The maximum Gasteiger partial charge on any atom is 0.255 e. The van der Waals surface area contributed by atoms with Crippen molar-refractivity contribution in [2.24, 2.45) is 11.8 Å². The van der Waals surface area contributed by atoms with Crippen molar-refractivity contribution in [2.75, 3.05) is 0 Å². The lowest BCUT2D eigenvalue weighted by atomic mass is 10.1. The number of rotatable bonds is 6. The van der Waals surface area contributed by atoms with Crippen LogP contribution in [0.4, 0.5) is 0 Å². The van der Waals surface area contributed by atoms with Crippen molar-refractivity contribution in [1.82, 2.24) is 4.89 Å². The maximum absolute atomic E-state index is 11.3. The Balaban J connectivity index is 4.17. The van der Waals surface area contributed by atoms with Crippen molar-refractivity contribution in [3.05, 3.63) is 11.5 Å². The third-order valence-corrected chi connectivity index (χ3v) is 2.78. The van der Waals surface area contributed by atoms with Crippen LogP contribution in [0.15, 0.2) is 11.5 Å². The topological polar surface area (TPSA) is 55.4 Å². The fraction of sp³-hybridized carbons (Fsp3) is 0.800. The Morgan fingerprint density at radius 2 is 1.67 bits per heavy atom. The fourth-order valence-corrected chi connectivity index (χ4v) is 1.43. The highest BCUT2D eigenvalue weighted by molar-refractivity contribution is 7.92. The van der Waals surface area contributed by atoms with Crippen molar-refractivity contribution < 1.29 is 13.3 Å². The molecule has 0 aliphatic rings. The molecular formula is C10H21NO3S. The number of nitrogens with one attached hydrogen (secondary N) is 1. The summed E-state index contributed by atoms with van der Waals surface area (Å²) in [5.41, 5.74) is 0. The van der Waals surface area contributed by atoms with Crippen LogP contribution in [0.5, 0.6) is 0 Å². The first kappa shape index (κ1) is 14.6. The lowest BCUT2D eigenvalue weighted by Gasteiger charge is -2.15. The van der Waals surface area contributed by atoms with E-state index in [0.29, 0.717) is 0 Å². The van der Waals surface area contributed by atoms with Crippen molar-refractivity contribution in [3.8, 4) is 0 Å². The number of hydrogen-bond donors (Lipinski definition) is 1. The molecule has 0 radical (unpaired) electrons. The summed E-state index contributed by atoms with van der Waals surface area (Å²) in [5, 5.41) is 1.13. The van der Waals surface area contributed by atoms with Crippen LogP contribution in [0, 0.1) is 11.8 Å². The molecule has 1 atom stereocenters. The zero-order valence-corrected chi connectivity index (χ0v) is 10.8. The largest absolute Gasteiger partial charge is 0.284 e. The standard InChI is InChI=1S/C10H21NO3S/c1-8(2)6-7-15(12,13)11-14-10(5)9(3)4/h6-11H,1-5H3/b7-6+. The van der Waals surface area contributed by atoms with E-state index in [0.717, 1.165) is 5.41 Å². The normalized spacial score (nSPS) is 15.4. The molecule has 0 saturated heterocycles. The van der Waals surface area contributed by atoms with Gasteiger partial charge in [0, 0.05) is 5.41 Å². The van der Waals surface area contributed by atoms with Crippen molar-refractivity contribution in [1.29, 1.82) is 0 Å². The first-order valence-electron chi connectivity index (χ1n) is 5.10. The van der Waals surface area contributed by atoms with Gasteiger partial charge in [0.1, 0.15) is 0 Å². The van der Waals surface area contributed by atoms with E-state index in [1.54, 1.807) is 6.08 Å². The molecule has 1 unspecified atom stereocenters. The molecule has 0 fully saturated rings. The van der Waals surface area contributed by atoms with Gasteiger partial charge in [-0.05, 0) is 18.8 Å². The van der Waals surface area contributed by atoms with Gasteiger partial charge in [-0.25, -0.2) is 8.42 Å². The number of allylic oxidation sites excluding steroid dienone is 1. The minimum Gasteiger partial charge on any atom is -0.284 e. The zero-order chi connectivity index (χ0) is 12.1. The van der Waals surface area contributed by atoms with E-state index in [1.807, 2.05) is 34.6 Å². The summed E-state index contributed by atoms with van der Waals surface area (Å²) < 4.78 is 22.7. The summed E-state index contributed by atoms with van der Waals surface area (Å²) in [6, 6.07) is 0. The highest BCUT2D eigenvalue weighted by Crippen LogP contribution is 2.04. The van der Waals surface area contributed by atoms with Crippen LogP contribution < -0.4 is 4.89 Å². The van der Waals surface area contributed by atoms with E-state index in [2.05, 4.69) is 4.89 Å². The van der Waals surface area contributed by atoms with E-state index < -0.39 is 10.0 Å². The Labute approximate surface area is 92.7 Å². The summed E-state index contributed by atoms with van der Waals surface area (Å²) in [6.07, 6.45) is 1.46. The quantitative estimate of drug-likeness (QED) is 0.717. The van der Waals surface area contributed by atoms with Crippen molar-refractivity contribution >= 4 is 10.0 Å². The molecular weight excluding hydrogens is 214 g/mol. The third kappa shape index (κ3) is 7.53. The second-order valence-corrected chi connectivity index (χ2v) is 5.80. The molecule has 0 spiro atoms. The lowest BCUT2D eigenvalue weighted by Crippen LogP contribution is -2.29. The van der Waals surface area contributed by atoms with Gasteiger partial charge in [0.25, 0.3) is 10.0 Å². The molecule has 0 aromatic heterocycles. The molecule has 1 N–H and O–H groups in total. The van der Waals surface area contributed by atoms with Crippen molar-refractivity contribution in [2.45, 2.75) is 40.7 Å². The van der Waals surface area contributed by atoms with Gasteiger partial charge in [0.05, 0.1) is 6.10 Å². The van der Waals surface area contributed by atoms with Gasteiger partial charge in [-0.3, -0.25) is 4.84 Å². The molecule has 4 nitrogen and oxygen atoms in total. The molecule has 5 heteroatoms. The Kier molecular flexibility index (Phi) is 6.09. The van der Waals surface area contributed by atoms with E-state index in [-0.39, 0.29) is 17.9 Å². The molecule has 0 aliphatic heterocycles. The Morgan fingerprint density at radius 3 is 2.07 bits per heavy atom. The number of hydrogen-bond acceptors (Lipinski definition) is 3. The van der Waals surface area contributed by atoms with Crippen LogP contribution in [0.25, 0.3) is 0 Å². The van der Waals surface area contributed by atoms with E-state index in [9.17, 15) is 8.42 Å². The summed E-state index contributed by atoms with van der Waals surface area (Å²) in [5.74, 6) is 0.464. The highest BCUT2D eigenvalue weighted by Gasteiger charge is 2.11. The molecule has 0 rings (SSSR count). The molecule has 0 aromatic carbocycles. The van der Waals surface area contributed by atoms with Crippen LogP contribution in [0.2, 0.25) is 0 Å². The van der Waals surface area contributed by atoms with Crippen LogP contribution in [-0.2, 0) is 14.9 Å². The van der Waals surface area contributed by atoms with Gasteiger partial charge in [0.2, 0.25) is 0 Å². The molecule has 0 heterocycles. The van der Waals surface area contributed by atoms with Crippen LogP contribution in [-0.4, -0.2) is 14.5 Å². The van der Waals surface area contributed by atoms with Gasteiger partial charge >= 0.3 is 0 Å². The summed E-state index contributed by atoms with van der Waals surface area (Å²) in [7, 11) is -3.46. The minimum absolute atomic E-state index is 0.146. The van der Waals surface area contributed by atoms with Gasteiger partial charge in [-0.1, -0.05) is 38.7 Å². The SMILES string of the molecule is CC(C)/C=C/S(=O)(=O)NOC(C)C(C)C. The lowest BCUT2D eigenvalue weighted by molar-refractivity contribution is 0.00261. The van der Waals surface area contributed by atoms with E-state index in [1.165, 1.54) is 0 Å². The van der Waals surface area contributed by atoms with Gasteiger partial charge in [-0.2, -0.15) is 0 Å². The van der Waals surface area contributed by atoms with Gasteiger partial charge in [-0.15, -0.1) is 0 Å². The first-order valence-corrected chi connectivity index (χ1v) is 6.65. The summed E-state index contributed by atoms with van der Waals surface area (Å²) >= 11 is 0. The van der Waals surface area contributed by atoms with Gasteiger partial charge < -0.3 is 0 Å². The molecule has 0 aliphatic carbocycles. The highest BCUT2D eigenvalue weighted by atomic mass is 32.2. The first-order chi connectivity index (χ1) is 6.74. The third-order valence-electron chi connectivity index (χ3n) is 1.93. The minimum atomic E-state index is -3.46. The monoisotopic (exact) mass is 235 g/mol. The summed E-state index contributed by atoms with van der Waals surface area (Å²) in [6.45, 7) is 9.55. The summed E-state index contributed by atoms with van der Waals surface area (Å²) in [4.78, 5) is 7.09. The Morgan fingerprint density at radius 1 is 1.13 bits per heavy atom. The van der Waals surface area contributed by atoms with Gasteiger partial charge in [0.15, 0.2) is 0 Å². The van der Waals surface area contributed by atoms with Crippen LogP contribution >= 0.6 is 0 Å². The molecule has 0 aromatic rings. The Bertz CT molecular complexity index is 294. The zero-order valence-electron chi connectivity index (χ0n) is 10.0. The molecule has 90 valence electrons. The predicted octanol–water partition coefficient (Wildman–Crippen LogP) is 2.05. The fourth-order valence-electron chi connectivity index (χ4n) is 0.567. The second-order valence-electron chi connectivity index (χ2n) is 4.27. The molecule has 0 saturated carbocycles. The average molecular weight is 235 g/mol. The average Bonchev–Trinajstić information content (AvgIpc) is 2.11. The van der Waals surface area contributed by atoms with E-state index >= 15 is 0 Å². The molecule has 0 bridgehead atoms. The van der Waals surface area contributed by atoms with Crippen LogP contribution in [0.3, 0.4) is 0 Å². The number of sulfonamides is 1. The Hall–Kier alpha value is -0.390. The maximum atomic E-state index is 11.3. The molecule has 15 heavy (non-hydrogen) atoms. The van der Waals surface area contributed by atoms with Crippen LogP contribution in [0.1, 0.15) is 34.6 Å². The second kappa shape index (κ2) is 6.25. The predicted molar refractivity (Wildman–Crippen MR) is 61.4 cm³/mol. The smallest absolute Gasteiger partial charge is 0.255 e.